The predicted octanol–water partition coefficient (Wildman–Crippen LogP) is 1.91. The molecule has 9 heteroatoms. The third-order valence-electron chi connectivity index (χ3n) is 3.16. The number of methoxy groups -OCH3 is 1. The zero-order chi connectivity index (χ0) is 18.9. The number of nitro benzene ring substituents is 1. The molecule has 2 aromatic rings. The number of ether oxygens (including phenoxy) is 2. The summed E-state index contributed by atoms with van der Waals surface area (Å²) in [6, 6.07) is 12.1. The van der Waals surface area contributed by atoms with Gasteiger partial charge in [0.25, 0.3) is 5.91 Å². The fourth-order valence-corrected chi connectivity index (χ4v) is 1.91. The minimum atomic E-state index is -0.594. The van der Waals surface area contributed by atoms with Gasteiger partial charge in [-0.3, -0.25) is 14.9 Å². The number of carbonyl (C=O) groups is 2. The largest absolute Gasteiger partial charge is 0.477 e. The SMILES string of the molecule is COC(=O)c1ccc(/C=N/NC(=O)COc2ccccc2[N+](=O)[O-])cc1. The first kappa shape index (κ1) is 18.6. The molecule has 134 valence electrons. The second kappa shape index (κ2) is 8.92. The van der Waals surface area contributed by atoms with Crippen molar-refractivity contribution in [2.75, 3.05) is 13.7 Å². The summed E-state index contributed by atoms with van der Waals surface area (Å²) in [5, 5.41) is 14.6. The van der Waals surface area contributed by atoms with Gasteiger partial charge in [0.1, 0.15) is 0 Å². The molecule has 2 rings (SSSR count). The van der Waals surface area contributed by atoms with Crippen molar-refractivity contribution in [3.05, 3.63) is 69.8 Å². The minimum Gasteiger partial charge on any atom is -0.477 e. The van der Waals surface area contributed by atoms with Crippen LogP contribution >= 0.6 is 0 Å². The molecular weight excluding hydrogens is 342 g/mol. The van der Waals surface area contributed by atoms with E-state index in [1.54, 1.807) is 30.3 Å². The molecule has 9 nitrogen and oxygen atoms in total. The van der Waals surface area contributed by atoms with E-state index in [1.807, 2.05) is 0 Å². The van der Waals surface area contributed by atoms with Crippen LogP contribution in [0.4, 0.5) is 5.69 Å². The fraction of sp³-hybridized carbons (Fsp3) is 0.118. The van der Waals surface area contributed by atoms with Gasteiger partial charge >= 0.3 is 11.7 Å². The molecule has 0 aliphatic rings. The first-order valence-electron chi connectivity index (χ1n) is 7.37. The average molecular weight is 357 g/mol. The summed E-state index contributed by atoms with van der Waals surface area (Å²) in [5.41, 5.74) is 3.06. The standard InChI is InChI=1S/C17H15N3O6/c1-25-17(22)13-8-6-12(7-9-13)10-18-19-16(21)11-26-15-5-3-2-4-14(15)20(23)24/h2-10H,11H2,1H3,(H,19,21)/b18-10+. The number of hydrazone groups is 1. The summed E-state index contributed by atoms with van der Waals surface area (Å²) in [5.74, 6) is -1.03. The molecule has 0 saturated carbocycles. The van der Waals surface area contributed by atoms with E-state index in [-0.39, 0.29) is 11.4 Å². The Labute approximate surface area is 148 Å². The third-order valence-corrected chi connectivity index (χ3v) is 3.16. The van der Waals surface area contributed by atoms with Crippen LogP contribution < -0.4 is 10.2 Å². The lowest BCUT2D eigenvalue weighted by atomic mass is 10.1. The van der Waals surface area contributed by atoms with Gasteiger partial charge in [0.2, 0.25) is 0 Å². The highest BCUT2D eigenvalue weighted by molar-refractivity contribution is 5.90. The minimum absolute atomic E-state index is 0.00460. The molecule has 2 aromatic carbocycles. The molecule has 1 N–H and O–H groups in total. The lowest BCUT2D eigenvalue weighted by molar-refractivity contribution is -0.385. The third kappa shape index (κ3) is 5.13. The number of nitro groups is 1. The molecule has 0 bridgehead atoms. The van der Waals surface area contributed by atoms with Crippen molar-refractivity contribution in [2.45, 2.75) is 0 Å². The summed E-state index contributed by atoms with van der Waals surface area (Å²) in [4.78, 5) is 33.3. The molecule has 0 aromatic heterocycles. The molecule has 0 atom stereocenters. The topological polar surface area (TPSA) is 120 Å². The van der Waals surface area contributed by atoms with Crippen molar-refractivity contribution in [1.82, 2.24) is 5.43 Å². The molecule has 0 aliphatic carbocycles. The summed E-state index contributed by atoms with van der Waals surface area (Å²) in [6.45, 7) is -0.427. The predicted molar refractivity (Wildman–Crippen MR) is 92.1 cm³/mol. The van der Waals surface area contributed by atoms with Crippen LogP contribution in [0.3, 0.4) is 0 Å². The first-order chi connectivity index (χ1) is 12.5. The second-order valence-corrected chi connectivity index (χ2v) is 4.92. The van der Waals surface area contributed by atoms with Crippen LogP contribution in [0.15, 0.2) is 53.6 Å². The Morgan fingerprint density at radius 1 is 1.19 bits per heavy atom. The van der Waals surface area contributed by atoms with E-state index in [2.05, 4.69) is 15.3 Å². The summed E-state index contributed by atoms with van der Waals surface area (Å²) in [7, 11) is 1.29. The van der Waals surface area contributed by atoms with Crippen LogP contribution in [0.5, 0.6) is 5.75 Å². The van der Waals surface area contributed by atoms with Crippen LogP contribution in [-0.2, 0) is 9.53 Å². The van der Waals surface area contributed by atoms with Gasteiger partial charge in [0, 0.05) is 6.07 Å². The van der Waals surface area contributed by atoms with E-state index in [1.165, 1.54) is 31.5 Å². The lowest BCUT2D eigenvalue weighted by Gasteiger charge is -2.05. The molecule has 0 heterocycles. The van der Waals surface area contributed by atoms with Crippen molar-refractivity contribution < 1.29 is 24.0 Å². The lowest BCUT2D eigenvalue weighted by Crippen LogP contribution is -2.24. The number of nitrogens with zero attached hydrogens (tertiary/aromatic N) is 2. The smallest absolute Gasteiger partial charge is 0.337 e. The highest BCUT2D eigenvalue weighted by atomic mass is 16.6. The number of hydrogen-bond donors (Lipinski definition) is 1. The molecule has 0 unspecified atom stereocenters. The maximum Gasteiger partial charge on any atom is 0.337 e. The average Bonchev–Trinajstić information content (AvgIpc) is 2.66. The molecule has 26 heavy (non-hydrogen) atoms. The molecule has 1 amide bonds. The maximum absolute atomic E-state index is 11.7. The van der Waals surface area contributed by atoms with Gasteiger partial charge in [0.15, 0.2) is 12.4 Å². The molecule has 0 fully saturated rings. The number of amides is 1. The normalized spacial score (nSPS) is 10.3. The number of para-hydroxylation sites is 2. The first-order valence-corrected chi connectivity index (χ1v) is 7.37. The Bertz CT molecular complexity index is 833. The Balaban J connectivity index is 1.86. The Kier molecular flexibility index (Phi) is 6.38. The summed E-state index contributed by atoms with van der Waals surface area (Å²) in [6.07, 6.45) is 1.38. The van der Waals surface area contributed by atoms with Crippen molar-refractivity contribution in [3.8, 4) is 5.75 Å². The van der Waals surface area contributed by atoms with Crippen LogP contribution in [0.1, 0.15) is 15.9 Å². The van der Waals surface area contributed by atoms with E-state index < -0.39 is 23.4 Å². The second-order valence-electron chi connectivity index (χ2n) is 4.92. The van der Waals surface area contributed by atoms with Crippen molar-refractivity contribution >= 4 is 23.8 Å². The Hall–Kier alpha value is -3.75. The molecular formula is C17H15N3O6. The van der Waals surface area contributed by atoms with E-state index >= 15 is 0 Å². The monoisotopic (exact) mass is 357 g/mol. The zero-order valence-corrected chi connectivity index (χ0v) is 13.7. The van der Waals surface area contributed by atoms with E-state index in [0.717, 1.165) is 0 Å². The van der Waals surface area contributed by atoms with E-state index in [0.29, 0.717) is 11.1 Å². The van der Waals surface area contributed by atoms with E-state index in [9.17, 15) is 19.7 Å². The molecule has 0 radical (unpaired) electrons. The molecule has 0 spiro atoms. The van der Waals surface area contributed by atoms with Gasteiger partial charge in [-0.2, -0.15) is 5.10 Å². The number of nitrogens with one attached hydrogen (secondary N) is 1. The van der Waals surface area contributed by atoms with E-state index in [4.69, 9.17) is 4.74 Å². The van der Waals surface area contributed by atoms with Gasteiger partial charge in [-0.05, 0) is 23.8 Å². The van der Waals surface area contributed by atoms with Crippen molar-refractivity contribution in [3.63, 3.8) is 0 Å². The van der Waals surface area contributed by atoms with Gasteiger partial charge in [-0.15, -0.1) is 0 Å². The van der Waals surface area contributed by atoms with Gasteiger partial charge < -0.3 is 9.47 Å². The van der Waals surface area contributed by atoms with Gasteiger partial charge in [0.05, 0.1) is 23.8 Å². The van der Waals surface area contributed by atoms with Crippen LogP contribution in [0, 0.1) is 10.1 Å². The number of benzene rings is 2. The van der Waals surface area contributed by atoms with Crippen LogP contribution in [0.25, 0.3) is 0 Å². The summed E-state index contributed by atoms with van der Waals surface area (Å²) >= 11 is 0. The number of hydrogen-bond acceptors (Lipinski definition) is 7. The molecule has 0 aliphatic heterocycles. The summed E-state index contributed by atoms with van der Waals surface area (Å²) < 4.78 is 9.73. The van der Waals surface area contributed by atoms with Gasteiger partial charge in [-0.1, -0.05) is 24.3 Å². The highest BCUT2D eigenvalue weighted by Crippen LogP contribution is 2.25. The fourth-order valence-electron chi connectivity index (χ4n) is 1.91. The Morgan fingerprint density at radius 2 is 1.88 bits per heavy atom. The molecule has 0 saturated heterocycles. The number of carbonyl (C=O) groups excluding carboxylic acids is 2. The number of rotatable bonds is 7. The highest BCUT2D eigenvalue weighted by Gasteiger charge is 2.14. The Morgan fingerprint density at radius 3 is 2.54 bits per heavy atom. The van der Waals surface area contributed by atoms with Crippen molar-refractivity contribution in [2.24, 2.45) is 5.10 Å². The van der Waals surface area contributed by atoms with Crippen LogP contribution in [0.2, 0.25) is 0 Å². The quantitative estimate of drug-likeness (QED) is 0.350. The maximum atomic E-state index is 11.7. The van der Waals surface area contributed by atoms with Gasteiger partial charge in [-0.25, -0.2) is 10.2 Å². The van der Waals surface area contributed by atoms with Crippen molar-refractivity contribution in [1.29, 1.82) is 0 Å². The number of esters is 1. The zero-order valence-electron chi connectivity index (χ0n) is 13.7. The van der Waals surface area contributed by atoms with Crippen LogP contribution in [-0.4, -0.2) is 36.7 Å².